The van der Waals surface area contributed by atoms with E-state index in [4.69, 9.17) is 4.74 Å². The van der Waals surface area contributed by atoms with Crippen LogP contribution >= 0.6 is 0 Å². The third kappa shape index (κ3) is 4.48. The zero-order valence-electron chi connectivity index (χ0n) is 19.3. The van der Waals surface area contributed by atoms with Crippen LogP contribution in [0.4, 0.5) is 18.4 Å². The topological polar surface area (TPSA) is 65.1 Å². The van der Waals surface area contributed by atoms with Crippen LogP contribution in [0.2, 0.25) is 0 Å². The van der Waals surface area contributed by atoms with Crippen molar-refractivity contribution in [2.24, 2.45) is 0 Å². The van der Waals surface area contributed by atoms with Crippen molar-refractivity contribution in [2.75, 3.05) is 45.8 Å². The molecule has 0 aliphatic carbocycles. The van der Waals surface area contributed by atoms with E-state index in [2.05, 4.69) is 22.4 Å². The lowest BCUT2D eigenvalue weighted by Crippen LogP contribution is -2.60. The van der Waals surface area contributed by atoms with Gasteiger partial charge in [-0.25, -0.2) is 18.4 Å². The summed E-state index contributed by atoms with van der Waals surface area (Å²) in [7, 11) is 0. The van der Waals surface area contributed by atoms with E-state index in [9.17, 15) is 18.4 Å². The number of benzene rings is 2. The molecule has 5 rings (SSSR count). The first kappa shape index (κ1) is 23.3. The fraction of sp³-hybridized carbons (Fsp3) is 0.385. The van der Waals surface area contributed by atoms with E-state index in [-0.39, 0.29) is 19.1 Å². The molecule has 3 aliphatic heterocycles. The second kappa shape index (κ2) is 9.65. The minimum absolute atomic E-state index is 0.164. The number of urea groups is 1. The number of cyclic esters (lactones) is 1. The molecule has 7 nitrogen and oxygen atoms in total. The van der Waals surface area contributed by atoms with Gasteiger partial charge in [-0.15, -0.1) is 0 Å². The maximum Gasteiger partial charge on any atom is 0.411 e. The van der Waals surface area contributed by atoms with Gasteiger partial charge in [0.15, 0.2) is 5.60 Å². The van der Waals surface area contributed by atoms with Crippen molar-refractivity contribution in [2.45, 2.75) is 18.1 Å². The Kier molecular flexibility index (Phi) is 6.42. The molecule has 9 heteroatoms. The highest BCUT2D eigenvalue weighted by atomic mass is 19.1. The Morgan fingerprint density at radius 3 is 2.37 bits per heavy atom. The largest absolute Gasteiger partial charge is 0.431 e. The number of fused-ring (bicyclic) bond motifs is 1. The number of nitrogens with zero attached hydrogens (tertiary/aromatic N) is 3. The summed E-state index contributed by atoms with van der Waals surface area (Å²) in [4.78, 5) is 31.4. The van der Waals surface area contributed by atoms with Gasteiger partial charge in [0.25, 0.3) is 0 Å². The Bertz CT molecular complexity index is 1100. The van der Waals surface area contributed by atoms with Crippen molar-refractivity contribution in [1.29, 1.82) is 0 Å². The molecule has 1 N–H and O–H groups in total. The van der Waals surface area contributed by atoms with E-state index in [0.717, 1.165) is 26.1 Å². The minimum Gasteiger partial charge on any atom is -0.431 e. The molecular formula is C26H28F2N4O3. The Morgan fingerprint density at radius 2 is 1.74 bits per heavy atom. The van der Waals surface area contributed by atoms with Crippen LogP contribution in [0.5, 0.6) is 0 Å². The molecule has 1 atom stereocenters. The van der Waals surface area contributed by atoms with Crippen LogP contribution in [-0.4, -0.2) is 78.7 Å². The van der Waals surface area contributed by atoms with Crippen molar-refractivity contribution < 1.29 is 23.1 Å². The summed E-state index contributed by atoms with van der Waals surface area (Å²) in [5.41, 5.74) is -0.672. The SMILES string of the molecule is O=C(NCCN1CC=CCC1)N1CCN2C(=O)OC(c3cccc(F)c3)(c3cccc(F)c3)C2C1. The number of carbonyl (C=O) groups excluding carboxylic acids is 2. The van der Waals surface area contributed by atoms with Gasteiger partial charge in [0.1, 0.15) is 17.7 Å². The summed E-state index contributed by atoms with van der Waals surface area (Å²) in [5, 5.41) is 2.97. The fourth-order valence-corrected chi connectivity index (χ4v) is 5.23. The Morgan fingerprint density at radius 1 is 1.03 bits per heavy atom. The van der Waals surface area contributed by atoms with Crippen LogP contribution in [0.15, 0.2) is 60.7 Å². The molecule has 2 saturated heterocycles. The number of rotatable bonds is 5. The lowest BCUT2D eigenvalue weighted by atomic mass is 9.79. The van der Waals surface area contributed by atoms with Crippen LogP contribution in [-0.2, 0) is 10.3 Å². The van der Waals surface area contributed by atoms with Gasteiger partial charge in [0, 0.05) is 56.9 Å². The Labute approximate surface area is 202 Å². The first-order chi connectivity index (χ1) is 17.0. The summed E-state index contributed by atoms with van der Waals surface area (Å²) in [6, 6.07) is 10.7. The van der Waals surface area contributed by atoms with E-state index in [0.29, 0.717) is 24.2 Å². The van der Waals surface area contributed by atoms with Gasteiger partial charge in [0.05, 0.1) is 0 Å². The summed E-state index contributed by atoms with van der Waals surface area (Å²) < 4.78 is 34.5. The van der Waals surface area contributed by atoms with Crippen molar-refractivity contribution in [1.82, 2.24) is 20.0 Å². The predicted octanol–water partition coefficient (Wildman–Crippen LogP) is 3.32. The number of ether oxygens (including phenoxy) is 1. The minimum atomic E-state index is -1.46. The lowest BCUT2D eigenvalue weighted by molar-refractivity contribution is 0.0506. The molecule has 0 aromatic heterocycles. The van der Waals surface area contributed by atoms with E-state index in [1.807, 2.05) is 0 Å². The van der Waals surface area contributed by atoms with Crippen LogP contribution < -0.4 is 5.32 Å². The molecule has 2 aromatic carbocycles. The molecule has 0 spiro atoms. The maximum atomic E-state index is 14.3. The summed E-state index contributed by atoms with van der Waals surface area (Å²) in [6.45, 7) is 3.86. The van der Waals surface area contributed by atoms with Gasteiger partial charge in [-0.2, -0.15) is 0 Å². The highest BCUT2D eigenvalue weighted by molar-refractivity contribution is 5.77. The molecule has 2 aromatic rings. The number of halogens is 2. The second-order valence-electron chi connectivity index (χ2n) is 9.07. The lowest BCUT2D eigenvalue weighted by Gasteiger charge is -2.42. The summed E-state index contributed by atoms with van der Waals surface area (Å²) >= 11 is 0. The van der Waals surface area contributed by atoms with Crippen molar-refractivity contribution >= 4 is 12.1 Å². The van der Waals surface area contributed by atoms with Crippen molar-refractivity contribution in [3.8, 4) is 0 Å². The maximum absolute atomic E-state index is 14.3. The smallest absolute Gasteiger partial charge is 0.411 e. The zero-order chi connectivity index (χ0) is 24.4. The highest BCUT2D eigenvalue weighted by Gasteiger charge is 2.58. The number of amides is 3. The van der Waals surface area contributed by atoms with Crippen molar-refractivity contribution in [3.63, 3.8) is 0 Å². The van der Waals surface area contributed by atoms with Crippen LogP contribution in [0.1, 0.15) is 17.5 Å². The molecular weight excluding hydrogens is 454 g/mol. The van der Waals surface area contributed by atoms with Crippen molar-refractivity contribution in [3.05, 3.63) is 83.4 Å². The standard InChI is InChI=1S/C26H28F2N4O3/c27-21-8-4-6-19(16-21)26(20-7-5-9-22(28)17-20)23-18-31(14-15-32(23)25(34)35-26)24(33)29-10-13-30-11-2-1-3-12-30/h1-2,4-9,16-17,23H,3,10-15,18H2,(H,29,33). The number of hydrogen-bond donors (Lipinski definition) is 1. The molecule has 2 fully saturated rings. The molecule has 1 unspecified atom stereocenters. The van der Waals surface area contributed by atoms with Crippen LogP contribution in [0, 0.1) is 11.6 Å². The fourth-order valence-electron chi connectivity index (χ4n) is 5.23. The van der Waals surface area contributed by atoms with E-state index in [1.165, 1.54) is 36.4 Å². The van der Waals surface area contributed by atoms with E-state index < -0.39 is 29.4 Å². The number of piperazine rings is 1. The molecule has 3 amide bonds. The van der Waals surface area contributed by atoms with Gasteiger partial charge < -0.3 is 15.0 Å². The van der Waals surface area contributed by atoms with Gasteiger partial charge in [0.2, 0.25) is 0 Å². The molecule has 35 heavy (non-hydrogen) atoms. The van der Waals surface area contributed by atoms with Gasteiger partial charge in [-0.1, -0.05) is 36.4 Å². The normalized spacial score (nSPS) is 21.5. The summed E-state index contributed by atoms with van der Waals surface area (Å²) in [6.07, 6.45) is 4.72. The molecule has 3 heterocycles. The van der Waals surface area contributed by atoms with Gasteiger partial charge >= 0.3 is 12.1 Å². The third-order valence-electron chi connectivity index (χ3n) is 6.97. The average Bonchev–Trinajstić information content (AvgIpc) is 3.17. The second-order valence-corrected chi connectivity index (χ2v) is 9.07. The molecule has 184 valence electrons. The Balaban J connectivity index is 1.40. The number of nitrogens with one attached hydrogen (secondary N) is 1. The zero-order valence-corrected chi connectivity index (χ0v) is 19.3. The Hall–Kier alpha value is -3.46. The molecule has 0 saturated carbocycles. The monoisotopic (exact) mass is 482 g/mol. The first-order valence-electron chi connectivity index (χ1n) is 11.9. The highest BCUT2D eigenvalue weighted by Crippen LogP contribution is 2.46. The van der Waals surface area contributed by atoms with Gasteiger partial charge in [-0.05, 0) is 30.7 Å². The molecule has 3 aliphatic rings. The van der Waals surface area contributed by atoms with Crippen LogP contribution in [0.3, 0.4) is 0 Å². The molecule has 0 radical (unpaired) electrons. The van der Waals surface area contributed by atoms with Gasteiger partial charge in [-0.3, -0.25) is 9.80 Å². The third-order valence-corrected chi connectivity index (χ3v) is 6.97. The van der Waals surface area contributed by atoms with E-state index in [1.54, 1.807) is 21.9 Å². The predicted molar refractivity (Wildman–Crippen MR) is 126 cm³/mol. The summed E-state index contributed by atoms with van der Waals surface area (Å²) in [5.74, 6) is -0.989. The number of carbonyl (C=O) groups is 2. The van der Waals surface area contributed by atoms with E-state index >= 15 is 0 Å². The average molecular weight is 483 g/mol. The quantitative estimate of drug-likeness (QED) is 0.665. The van der Waals surface area contributed by atoms with Crippen LogP contribution in [0.25, 0.3) is 0 Å². The first-order valence-corrected chi connectivity index (χ1v) is 11.9. The molecule has 0 bridgehead atoms. The number of hydrogen-bond acceptors (Lipinski definition) is 4.